The molecule has 1 atom stereocenters. The highest BCUT2D eigenvalue weighted by Gasteiger charge is 2.16. The van der Waals surface area contributed by atoms with Crippen LogP contribution in [-0.2, 0) is 0 Å². The molecule has 0 heterocycles. The van der Waals surface area contributed by atoms with Gasteiger partial charge in [0.25, 0.3) is 0 Å². The van der Waals surface area contributed by atoms with Crippen molar-refractivity contribution in [1.82, 2.24) is 5.32 Å². The molecule has 102 valence electrons. The van der Waals surface area contributed by atoms with E-state index in [1.807, 2.05) is 0 Å². The van der Waals surface area contributed by atoms with Crippen LogP contribution in [-0.4, -0.2) is 19.1 Å². The van der Waals surface area contributed by atoms with Crippen molar-refractivity contribution < 1.29 is 0 Å². The number of unbranched alkanes of at least 4 members (excludes halogenated alkanes) is 4. The summed E-state index contributed by atoms with van der Waals surface area (Å²) < 4.78 is 0. The molecule has 1 saturated carbocycles. The van der Waals surface area contributed by atoms with Gasteiger partial charge in [-0.3, -0.25) is 0 Å². The average Bonchev–Trinajstić information content (AvgIpc) is 2.29. The smallest absolute Gasteiger partial charge is 0.0190 e. The summed E-state index contributed by atoms with van der Waals surface area (Å²) in [5.41, 5.74) is 5.81. The molecule has 0 radical (unpaired) electrons. The third kappa shape index (κ3) is 7.05. The van der Waals surface area contributed by atoms with Crippen LogP contribution in [0.4, 0.5) is 0 Å². The molecule has 0 saturated heterocycles. The second-order valence-corrected chi connectivity index (χ2v) is 5.68. The van der Waals surface area contributed by atoms with E-state index in [1.54, 1.807) is 0 Å². The Bertz CT molecular complexity index is 166. The van der Waals surface area contributed by atoms with Crippen LogP contribution in [0, 0.1) is 5.92 Å². The Kier molecular flexibility index (Phi) is 8.72. The first-order valence-electron chi connectivity index (χ1n) is 7.80. The molecule has 0 spiro atoms. The van der Waals surface area contributed by atoms with Gasteiger partial charge < -0.3 is 11.1 Å². The van der Waals surface area contributed by atoms with Crippen LogP contribution in [0.1, 0.15) is 71.1 Å². The van der Waals surface area contributed by atoms with Gasteiger partial charge in [0.15, 0.2) is 0 Å². The van der Waals surface area contributed by atoms with Gasteiger partial charge in [0.05, 0.1) is 0 Å². The van der Waals surface area contributed by atoms with Gasteiger partial charge in [0.1, 0.15) is 0 Å². The molecule has 1 unspecified atom stereocenters. The standard InChI is InChI=1S/C15H32N2/c1-2-3-4-5-6-10-15(13-16)17-12-11-14-8-7-9-14/h14-15,17H,2-13,16H2,1H3. The first-order valence-corrected chi connectivity index (χ1v) is 7.80. The summed E-state index contributed by atoms with van der Waals surface area (Å²) in [5, 5.41) is 3.63. The van der Waals surface area contributed by atoms with Crippen LogP contribution < -0.4 is 11.1 Å². The first kappa shape index (κ1) is 15.0. The predicted octanol–water partition coefficient (Wildman–Crippen LogP) is 3.45. The van der Waals surface area contributed by atoms with Gasteiger partial charge >= 0.3 is 0 Å². The molecule has 0 bridgehead atoms. The van der Waals surface area contributed by atoms with Crippen LogP contribution in [0.5, 0.6) is 0 Å². The van der Waals surface area contributed by atoms with Crippen molar-refractivity contribution in [2.24, 2.45) is 11.7 Å². The summed E-state index contributed by atoms with van der Waals surface area (Å²) >= 11 is 0. The van der Waals surface area contributed by atoms with E-state index in [-0.39, 0.29) is 0 Å². The highest BCUT2D eigenvalue weighted by atomic mass is 14.9. The van der Waals surface area contributed by atoms with Gasteiger partial charge in [-0.25, -0.2) is 0 Å². The van der Waals surface area contributed by atoms with E-state index in [9.17, 15) is 0 Å². The average molecular weight is 240 g/mol. The van der Waals surface area contributed by atoms with Gasteiger partial charge in [0.2, 0.25) is 0 Å². The SMILES string of the molecule is CCCCCCCC(CN)NCCC1CCC1. The lowest BCUT2D eigenvalue weighted by atomic mass is 9.83. The normalized spacial score (nSPS) is 18.0. The summed E-state index contributed by atoms with van der Waals surface area (Å²) in [4.78, 5) is 0. The van der Waals surface area contributed by atoms with Gasteiger partial charge in [0, 0.05) is 12.6 Å². The molecule has 1 aliphatic carbocycles. The summed E-state index contributed by atoms with van der Waals surface area (Å²) in [6, 6.07) is 0.566. The minimum Gasteiger partial charge on any atom is -0.329 e. The minimum atomic E-state index is 0.566. The molecule has 0 amide bonds. The molecule has 1 aliphatic rings. The lowest BCUT2D eigenvalue weighted by Gasteiger charge is -2.26. The van der Waals surface area contributed by atoms with Crippen molar-refractivity contribution in [3.8, 4) is 0 Å². The Morgan fingerprint density at radius 1 is 1.18 bits per heavy atom. The lowest BCUT2D eigenvalue weighted by Crippen LogP contribution is -2.37. The minimum absolute atomic E-state index is 0.566. The second kappa shape index (κ2) is 9.90. The molecule has 0 aromatic rings. The molecule has 0 aliphatic heterocycles. The lowest BCUT2D eigenvalue weighted by molar-refractivity contribution is 0.285. The molecule has 1 rings (SSSR count). The van der Waals surface area contributed by atoms with Crippen molar-refractivity contribution in [1.29, 1.82) is 0 Å². The highest BCUT2D eigenvalue weighted by molar-refractivity contribution is 4.73. The van der Waals surface area contributed by atoms with Crippen LogP contribution in [0.3, 0.4) is 0 Å². The molecule has 1 fully saturated rings. The maximum atomic E-state index is 5.81. The van der Waals surface area contributed by atoms with Crippen LogP contribution >= 0.6 is 0 Å². The monoisotopic (exact) mass is 240 g/mol. The van der Waals surface area contributed by atoms with Crippen molar-refractivity contribution >= 4 is 0 Å². The molecule has 2 heteroatoms. The third-order valence-corrected chi connectivity index (χ3v) is 4.15. The summed E-state index contributed by atoms with van der Waals surface area (Å²) in [7, 11) is 0. The fraction of sp³-hybridized carbons (Fsp3) is 1.00. The van der Waals surface area contributed by atoms with E-state index in [0.29, 0.717) is 6.04 Å². The number of rotatable bonds is 11. The molecule has 0 aromatic heterocycles. The zero-order valence-electron chi connectivity index (χ0n) is 11.7. The topological polar surface area (TPSA) is 38.0 Å². The summed E-state index contributed by atoms with van der Waals surface area (Å²) in [6.07, 6.45) is 13.9. The number of hydrogen-bond acceptors (Lipinski definition) is 2. The van der Waals surface area contributed by atoms with Crippen LogP contribution in [0.15, 0.2) is 0 Å². The van der Waals surface area contributed by atoms with Gasteiger partial charge in [-0.2, -0.15) is 0 Å². The number of hydrogen-bond donors (Lipinski definition) is 2. The molecule has 2 nitrogen and oxygen atoms in total. The van der Waals surface area contributed by atoms with Crippen LogP contribution in [0.25, 0.3) is 0 Å². The van der Waals surface area contributed by atoms with Crippen molar-refractivity contribution in [3.63, 3.8) is 0 Å². The fourth-order valence-electron chi connectivity index (χ4n) is 2.57. The van der Waals surface area contributed by atoms with E-state index in [2.05, 4.69) is 12.2 Å². The largest absolute Gasteiger partial charge is 0.329 e. The van der Waals surface area contributed by atoms with Crippen molar-refractivity contribution in [2.75, 3.05) is 13.1 Å². The van der Waals surface area contributed by atoms with E-state index in [4.69, 9.17) is 5.73 Å². The predicted molar refractivity (Wildman–Crippen MR) is 76.2 cm³/mol. The van der Waals surface area contributed by atoms with Gasteiger partial charge in [-0.1, -0.05) is 58.3 Å². The second-order valence-electron chi connectivity index (χ2n) is 5.68. The Labute approximate surface area is 108 Å². The van der Waals surface area contributed by atoms with Gasteiger partial charge in [-0.15, -0.1) is 0 Å². The molecule has 0 aromatic carbocycles. The fourth-order valence-corrected chi connectivity index (χ4v) is 2.57. The van der Waals surface area contributed by atoms with E-state index < -0.39 is 0 Å². The third-order valence-electron chi connectivity index (χ3n) is 4.15. The maximum absolute atomic E-state index is 5.81. The summed E-state index contributed by atoms with van der Waals surface area (Å²) in [5.74, 6) is 1.02. The van der Waals surface area contributed by atoms with Crippen LogP contribution in [0.2, 0.25) is 0 Å². The van der Waals surface area contributed by atoms with Crippen molar-refractivity contribution in [2.45, 2.75) is 77.2 Å². The molecule has 17 heavy (non-hydrogen) atoms. The quantitative estimate of drug-likeness (QED) is 0.543. The zero-order valence-corrected chi connectivity index (χ0v) is 11.7. The molecule has 3 N–H and O–H groups in total. The summed E-state index contributed by atoms with van der Waals surface area (Å²) in [6.45, 7) is 4.25. The molecular weight excluding hydrogens is 208 g/mol. The number of nitrogens with one attached hydrogen (secondary N) is 1. The zero-order chi connectivity index (χ0) is 12.3. The Hall–Kier alpha value is -0.0800. The first-order chi connectivity index (χ1) is 8.36. The van der Waals surface area contributed by atoms with E-state index in [0.717, 1.165) is 12.5 Å². The number of nitrogens with two attached hydrogens (primary N) is 1. The van der Waals surface area contributed by atoms with E-state index >= 15 is 0 Å². The highest BCUT2D eigenvalue weighted by Crippen LogP contribution is 2.28. The Balaban J connectivity index is 1.90. The Morgan fingerprint density at radius 2 is 1.94 bits per heavy atom. The Morgan fingerprint density at radius 3 is 2.53 bits per heavy atom. The van der Waals surface area contributed by atoms with E-state index in [1.165, 1.54) is 70.8 Å². The maximum Gasteiger partial charge on any atom is 0.0190 e. The van der Waals surface area contributed by atoms with Gasteiger partial charge in [-0.05, 0) is 25.3 Å². The molecular formula is C15H32N2. The van der Waals surface area contributed by atoms with Crippen molar-refractivity contribution in [3.05, 3.63) is 0 Å².